The lowest BCUT2D eigenvalue weighted by Crippen LogP contribution is -2.48. The van der Waals surface area contributed by atoms with Crippen molar-refractivity contribution in [1.29, 1.82) is 0 Å². The molecule has 24 heavy (non-hydrogen) atoms. The van der Waals surface area contributed by atoms with Crippen molar-refractivity contribution < 1.29 is 4.39 Å². The first-order valence-corrected chi connectivity index (χ1v) is 9.85. The predicted octanol–water partition coefficient (Wildman–Crippen LogP) is 5.17. The van der Waals surface area contributed by atoms with Crippen LogP contribution >= 0.6 is 0 Å². The lowest BCUT2D eigenvalue weighted by molar-refractivity contribution is 0.0420. The Morgan fingerprint density at radius 1 is 1.25 bits per heavy atom. The molecule has 3 aliphatic rings. The van der Waals surface area contributed by atoms with Crippen LogP contribution in [0.5, 0.6) is 0 Å². The van der Waals surface area contributed by atoms with E-state index < -0.39 is 0 Å². The van der Waals surface area contributed by atoms with Crippen molar-refractivity contribution in [2.75, 3.05) is 19.6 Å². The molecule has 0 aromatic heterocycles. The number of likely N-dealkylation sites (tertiary alicyclic amines) is 1. The first-order chi connectivity index (χ1) is 11.7. The molecule has 0 radical (unpaired) electrons. The minimum Gasteiger partial charge on any atom is -0.303 e. The van der Waals surface area contributed by atoms with Crippen LogP contribution in [-0.4, -0.2) is 24.5 Å². The molecule has 2 fully saturated rings. The Morgan fingerprint density at radius 2 is 2.08 bits per heavy atom. The Labute approximate surface area is 145 Å². The number of piperidine rings is 1. The van der Waals surface area contributed by atoms with Gasteiger partial charge in [0.1, 0.15) is 5.82 Å². The Hall–Kier alpha value is -1.15. The van der Waals surface area contributed by atoms with Gasteiger partial charge in [-0.1, -0.05) is 31.2 Å². The summed E-state index contributed by atoms with van der Waals surface area (Å²) in [6.07, 6.45) is 12.5. The monoisotopic (exact) mass is 327 g/mol. The summed E-state index contributed by atoms with van der Waals surface area (Å²) in [5.74, 6) is 2.63. The molecule has 0 bridgehead atoms. The molecule has 4 rings (SSSR count). The van der Waals surface area contributed by atoms with Gasteiger partial charge in [0.15, 0.2) is 0 Å². The number of hydrogen-bond donors (Lipinski definition) is 0. The van der Waals surface area contributed by atoms with E-state index in [1.165, 1.54) is 57.3 Å². The van der Waals surface area contributed by atoms with E-state index in [0.717, 1.165) is 24.2 Å². The van der Waals surface area contributed by atoms with Crippen molar-refractivity contribution in [2.45, 2.75) is 50.9 Å². The van der Waals surface area contributed by atoms with Crippen molar-refractivity contribution in [3.05, 3.63) is 47.8 Å². The first kappa shape index (κ1) is 16.3. The zero-order valence-corrected chi connectivity index (χ0v) is 14.9. The van der Waals surface area contributed by atoms with Crippen LogP contribution in [0.4, 0.5) is 4.39 Å². The third kappa shape index (κ3) is 2.94. The summed E-state index contributed by atoms with van der Waals surface area (Å²) < 4.78 is 13.7. The van der Waals surface area contributed by atoms with Gasteiger partial charge in [0, 0.05) is 6.54 Å². The van der Waals surface area contributed by atoms with E-state index >= 15 is 0 Å². The zero-order valence-electron chi connectivity index (χ0n) is 14.9. The summed E-state index contributed by atoms with van der Waals surface area (Å²) in [6.45, 7) is 5.88. The van der Waals surface area contributed by atoms with Gasteiger partial charge in [-0.15, -0.1) is 0 Å². The van der Waals surface area contributed by atoms with Gasteiger partial charge in [0.25, 0.3) is 0 Å². The summed E-state index contributed by atoms with van der Waals surface area (Å²) in [4.78, 5) is 2.68. The van der Waals surface area contributed by atoms with Gasteiger partial charge in [-0.05, 0) is 92.5 Å². The number of allylic oxidation sites excluding steroid dienone is 2. The topological polar surface area (TPSA) is 3.24 Å². The summed E-state index contributed by atoms with van der Waals surface area (Å²) in [5, 5.41) is 0. The van der Waals surface area contributed by atoms with Crippen LogP contribution in [0.2, 0.25) is 0 Å². The number of halogens is 1. The highest BCUT2D eigenvalue weighted by atomic mass is 19.1. The lowest BCUT2D eigenvalue weighted by atomic mass is 9.61. The van der Waals surface area contributed by atoms with Gasteiger partial charge in [-0.2, -0.15) is 0 Å². The van der Waals surface area contributed by atoms with E-state index in [2.05, 4.69) is 30.0 Å². The SMILES string of the molecule is CCC1(c2cccc(F)c2)CCN(C[C@H]2CC3CCC=CC32)CC1. The molecule has 3 atom stereocenters. The van der Waals surface area contributed by atoms with Crippen LogP contribution in [0.15, 0.2) is 36.4 Å². The van der Waals surface area contributed by atoms with Crippen LogP contribution in [0.25, 0.3) is 0 Å². The third-order valence-electron chi connectivity index (χ3n) is 7.18. The van der Waals surface area contributed by atoms with E-state index in [1.807, 2.05) is 6.07 Å². The fraction of sp³-hybridized carbons (Fsp3) is 0.636. The van der Waals surface area contributed by atoms with Gasteiger partial charge in [-0.3, -0.25) is 0 Å². The van der Waals surface area contributed by atoms with Gasteiger partial charge >= 0.3 is 0 Å². The van der Waals surface area contributed by atoms with Gasteiger partial charge < -0.3 is 4.90 Å². The molecule has 0 N–H and O–H groups in total. The molecule has 2 heteroatoms. The fourth-order valence-electron chi connectivity index (χ4n) is 5.44. The quantitative estimate of drug-likeness (QED) is 0.689. The number of fused-ring (bicyclic) bond motifs is 1. The molecule has 2 aliphatic carbocycles. The van der Waals surface area contributed by atoms with Crippen LogP contribution in [0, 0.1) is 23.6 Å². The van der Waals surface area contributed by atoms with E-state index in [-0.39, 0.29) is 11.2 Å². The van der Waals surface area contributed by atoms with Crippen LogP contribution < -0.4 is 0 Å². The fourth-order valence-corrected chi connectivity index (χ4v) is 5.44. The van der Waals surface area contributed by atoms with Crippen molar-refractivity contribution in [3.8, 4) is 0 Å². The maximum Gasteiger partial charge on any atom is 0.123 e. The van der Waals surface area contributed by atoms with Crippen molar-refractivity contribution >= 4 is 0 Å². The molecule has 0 amide bonds. The average Bonchev–Trinajstić information content (AvgIpc) is 2.60. The molecular formula is C22H30FN. The number of nitrogens with zero attached hydrogens (tertiary/aromatic N) is 1. The summed E-state index contributed by atoms with van der Waals surface area (Å²) in [6, 6.07) is 7.33. The second-order valence-electron chi connectivity index (χ2n) is 8.28. The molecule has 1 aromatic rings. The Kier molecular flexibility index (Phi) is 4.51. The molecule has 1 aliphatic heterocycles. The van der Waals surface area contributed by atoms with E-state index in [0.29, 0.717) is 0 Å². The third-order valence-corrected chi connectivity index (χ3v) is 7.18. The normalized spacial score (nSPS) is 32.2. The summed E-state index contributed by atoms with van der Waals surface area (Å²) >= 11 is 0. The molecule has 0 spiro atoms. The Balaban J connectivity index is 1.37. The van der Waals surface area contributed by atoms with Gasteiger partial charge in [-0.25, -0.2) is 4.39 Å². The van der Waals surface area contributed by atoms with E-state index in [1.54, 1.807) is 12.1 Å². The minimum atomic E-state index is -0.0904. The van der Waals surface area contributed by atoms with Crippen molar-refractivity contribution in [3.63, 3.8) is 0 Å². The second kappa shape index (κ2) is 6.63. The molecule has 1 aromatic carbocycles. The van der Waals surface area contributed by atoms with Gasteiger partial charge in [0.2, 0.25) is 0 Å². The maximum absolute atomic E-state index is 13.7. The van der Waals surface area contributed by atoms with Crippen LogP contribution in [-0.2, 0) is 5.41 Å². The molecule has 1 heterocycles. The number of benzene rings is 1. The van der Waals surface area contributed by atoms with E-state index in [9.17, 15) is 4.39 Å². The molecule has 1 nitrogen and oxygen atoms in total. The molecule has 2 unspecified atom stereocenters. The standard InChI is InChI=1S/C22H30FN/c1-2-22(19-7-5-8-20(23)15-19)10-12-24(13-11-22)16-18-14-17-6-3-4-9-21(17)18/h4-5,7-9,15,17-18,21H,2-3,6,10-14,16H2,1H3/t17?,18-,21?/m1/s1. The highest BCUT2D eigenvalue weighted by molar-refractivity contribution is 5.27. The largest absolute Gasteiger partial charge is 0.303 e. The highest BCUT2D eigenvalue weighted by Gasteiger charge is 2.42. The van der Waals surface area contributed by atoms with Crippen molar-refractivity contribution in [2.24, 2.45) is 17.8 Å². The zero-order chi connectivity index (χ0) is 16.6. The van der Waals surface area contributed by atoms with Gasteiger partial charge in [0.05, 0.1) is 0 Å². The Bertz CT molecular complexity index is 600. The predicted molar refractivity (Wildman–Crippen MR) is 97.5 cm³/mol. The first-order valence-electron chi connectivity index (χ1n) is 9.85. The molecule has 130 valence electrons. The molecule has 1 saturated heterocycles. The maximum atomic E-state index is 13.7. The number of rotatable bonds is 4. The minimum absolute atomic E-state index is 0.0904. The summed E-state index contributed by atoms with van der Waals surface area (Å²) in [7, 11) is 0. The average molecular weight is 327 g/mol. The smallest absolute Gasteiger partial charge is 0.123 e. The second-order valence-corrected chi connectivity index (χ2v) is 8.28. The van der Waals surface area contributed by atoms with Crippen LogP contribution in [0.1, 0.15) is 51.0 Å². The lowest BCUT2D eigenvalue weighted by Gasteiger charge is -2.49. The molecule has 1 saturated carbocycles. The van der Waals surface area contributed by atoms with Crippen molar-refractivity contribution in [1.82, 2.24) is 4.90 Å². The Morgan fingerprint density at radius 3 is 2.79 bits per heavy atom. The van der Waals surface area contributed by atoms with E-state index in [4.69, 9.17) is 0 Å². The van der Waals surface area contributed by atoms with Crippen LogP contribution in [0.3, 0.4) is 0 Å². The summed E-state index contributed by atoms with van der Waals surface area (Å²) in [5.41, 5.74) is 1.40. The molecular weight excluding hydrogens is 297 g/mol. The number of hydrogen-bond acceptors (Lipinski definition) is 1. The highest BCUT2D eigenvalue weighted by Crippen LogP contribution is 2.47.